The molecule has 31 heavy (non-hydrogen) atoms. The van der Waals surface area contributed by atoms with Crippen molar-refractivity contribution in [3.05, 3.63) is 87.5 Å². The van der Waals surface area contributed by atoms with E-state index in [-0.39, 0.29) is 11.6 Å². The Morgan fingerprint density at radius 3 is 2.61 bits per heavy atom. The van der Waals surface area contributed by atoms with Crippen LogP contribution in [0.3, 0.4) is 0 Å². The molecular weight excluding hydrogens is 412 g/mol. The third-order valence-electron chi connectivity index (χ3n) is 4.88. The number of amides is 2. The first-order valence-corrected chi connectivity index (χ1v) is 10.7. The molecule has 8 heteroatoms. The fourth-order valence-electron chi connectivity index (χ4n) is 3.11. The van der Waals surface area contributed by atoms with Crippen molar-refractivity contribution in [2.24, 2.45) is 0 Å². The smallest absolute Gasteiger partial charge is 0.323 e. The van der Waals surface area contributed by atoms with Gasteiger partial charge >= 0.3 is 6.03 Å². The highest BCUT2D eigenvalue weighted by molar-refractivity contribution is 7.98. The zero-order valence-corrected chi connectivity index (χ0v) is 18.2. The number of aromatic nitrogens is 2. The number of hydrogen-bond acceptors (Lipinski definition) is 5. The van der Waals surface area contributed by atoms with E-state index in [2.05, 4.69) is 15.6 Å². The van der Waals surface area contributed by atoms with Crippen LogP contribution in [0.5, 0.6) is 0 Å². The normalized spacial score (nSPS) is 10.9. The lowest BCUT2D eigenvalue weighted by Crippen LogP contribution is -2.20. The Labute approximate surface area is 183 Å². The topological polar surface area (TPSA) is 88.6 Å². The predicted molar refractivity (Wildman–Crippen MR) is 123 cm³/mol. The summed E-state index contributed by atoms with van der Waals surface area (Å²) in [6.45, 7) is 5.77. The van der Waals surface area contributed by atoms with Crippen molar-refractivity contribution >= 4 is 34.8 Å². The number of urea groups is 1. The van der Waals surface area contributed by atoms with Crippen LogP contribution in [-0.2, 0) is 5.75 Å². The van der Waals surface area contributed by atoms with Gasteiger partial charge < -0.3 is 15.2 Å². The second-order valence-electron chi connectivity index (χ2n) is 7.22. The number of anilines is 2. The average Bonchev–Trinajstić information content (AvgIpc) is 3.12. The summed E-state index contributed by atoms with van der Waals surface area (Å²) in [5.74, 6) is 1.19. The standard InChI is InChI=1S/C23H22N4O3S/c1-14-5-4-6-20(16(14)3)26-23(29)25-17-7-9-19(10-8-17)31-13-18-12-22(28)27-21(24-18)11-15(2)30-27/h4-12H,13H2,1-3H3,(H2,25,26,29). The summed E-state index contributed by atoms with van der Waals surface area (Å²) >= 11 is 1.56. The molecule has 0 atom stereocenters. The van der Waals surface area contributed by atoms with Crippen LogP contribution in [-0.4, -0.2) is 15.6 Å². The van der Waals surface area contributed by atoms with E-state index in [1.807, 2.05) is 56.3 Å². The van der Waals surface area contributed by atoms with Gasteiger partial charge in [0.2, 0.25) is 0 Å². The number of thioether (sulfide) groups is 1. The highest BCUT2D eigenvalue weighted by atomic mass is 32.2. The zero-order chi connectivity index (χ0) is 22.0. The molecule has 0 radical (unpaired) electrons. The third-order valence-corrected chi connectivity index (χ3v) is 5.92. The molecule has 7 nitrogen and oxygen atoms in total. The molecule has 4 rings (SSSR count). The summed E-state index contributed by atoms with van der Waals surface area (Å²) in [7, 11) is 0. The van der Waals surface area contributed by atoms with Crippen LogP contribution < -0.4 is 16.2 Å². The molecule has 0 saturated heterocycles. The van der Waals surface area contributed by atoms with Crippen molar-refractivity contribution < 1.29 is 9.32 Å². The summed E-state index contributed by atoms with van der Waals surface area (Å²) < 4.78 is 6.49. The van der Waals surface area contributed by atoms with E-state index < -0.39 is 0 Å². The molecule has 0 fully saturated rings. The number of rotatable bonds is 5. The molecule has 0 saturated carbocycles. The van der Waals surface area contributed by atoms with Crippen LogP contribution in [0.25, 0.3) is 5.65 Å². The van der Waals surface area contributed by atoms with Crippen LogP contribution in [0, 0.1) is 20.8 Å². The predicted octanol–water partition coefficient (Wildman–Crippen LogP) is 5.15. The van der Waals surface area contributed by atoms with Gasteiger partial charge in [0.25, 0.3) is 5.56 Å². The summed E-state index contributed by atoms with van der Waals surface area (Å²) in [6.07, 6.45) is 0. The second-order valence-corrected chi connectivity index (χ2v) is 8.27. The van der Waals surface area contributed by atoms with Gasteiger partial charge in [-0.05, 0) is 62.2 Å². The maximum atomic E-state index is 12.3. The number of carbonyl (C=O) groups excluding carboxylic acids is 1. The number of benzene rings is 2. The molecule has 0 bridgehead atoms. The summed E-state index contributed by atoms with van der Waals surface area (Å²) in [5.41, 5.74) is 4.61. The van der Waals surface area contributed by atoms with Crippen molar-refractivity contribution in [3.8, 4) is 0 Å². The molecule has 2 aromatic carbocycles. The van der Waals surface area contributed by atoms with Crippen molar-refractivity contribution in [3.63, 3.8) is 0 Å². The lowest BCUT2D eigenvalue weighted by Gasteiger charge is -2.11. The molecule has 2 amide bonds. The minimum atomic E-state index is -0.289. The van der Waals surface area contributed by atoms with Crippen LogP contribution in [0.1, 0.15) is 22.6 Å². The number of hydrogen-bond donors (Lipinski definition) is 2. The molecule has 0 unspecified atom stereocenters. The van der Waals surface area contributed by atoms with Crippen molar-refractivity contribution in [2.75, 3.05) is 10.6 Å². The minimum absolute atomic E-state index is 0.233. The molecule has 4 aromatic rings. The van der Waals surface area contributed by atoms with E-state index in [4.69, 9.17) is 4.52 Å². The van der Waals surface area contributed by atoms with Gasteiger partial charge in [0.05, 0.1) is 5.69 Å². The largest absolute Gasteiger partial charge is 0.375 e. The second kappa shape index (κ2) is 8.69. The van der Waals surface area contributed by atoms with Crippen LogP contribution in [0.2, 0.25) is 0 Å². The molecule has 2 aromatic heterocycles. The molecule has 0 aliphatic carbocycles. The molecular formula is C23H22N4O3S. The number of aryl methyl sites for hydroxylation is 2. The van der Waals surface area contributed by atoms with Crippen LogP contribution in [0.4, 0.5) is 16.2 Å². The van der Waals surface area contributed by atoms with Gasteiger partial charge in [0.1, 0.15) is 5.76 Å². The monoisotopic (exact) mass is 434 g/mol. The zero-order valence-electron chi connectivity index (χ0n) is 17.4. The lowest BCUT2D eigenvalue weighted by atomic mass is 10.1. The fraction of sp³-hybridized carbons (Fsp3) is 0.174. The number of carbonyl (C=O) groups is 1. The SMILES string of the molecule is Cc1cc2nc(CSc3ccc(NC(=O)Nc4cccc(C)c4C)cc3)cc(=O)n2o1. The molecule has 2 heterocycles. The van der Waals surface area contributed by atoms with Crippen molar-refractivity contribution in [2.45, 2.75) is 31.4 Å². The maximum absolute atomic E-state index is 12.3. The third kappa shape index (κ3) is 4.80. The minimum Gasteiger partial charge on any atom is -0.375 e. The van der Waals surface area contributed by atoms with Gasteiger partial charge in [-0.3, -0.25) is 4.79 Å². The van der Waals surface area contributed by atoms with E-state index >= 15 is 0 Å². The lowest BCUT2D eigenvalue weighted by molar-refractivity contribution is 0.262. The highest BCUT2D eigenvalue weighted by Crippen LogP contribution is 2.24. The molecule has 0 spiro atoms. The van der Waals surface area contributed by atoms with E-state index in [0.29, 0.717) is 28.5 Å². The Kier molecular flexibility index (Phi) is 5.81. The Balaban J connectivity index is 1.36. The highest BCUT2D eigenvalue weighted by Gasteiger charge is 2.08. The number of nitrogens with zero attached hydrogens (tertiary/aromatic N) is 2. The van der Waals surface area contributed by atoms with Crippen LogP contribution in [0.15, 0.2) is 68.8 Å². The Morgan fingerprint density at radius 1 is 1.06 bits per heavy atom. The van der Waals surface area contributed by atoms with Gasteiger partial charge in [-0.2, -0.15) is 0 Å². The van der Waals surface area contributed by atoms with Crippen molar-refractivity contribution in [1.29, 1.82) is 0 Å². The van der Waals surface area contributed by atoms with E-state index in [0.717, 1.165) is 21.7 Å². The van der Waals surface area contributed by atoms with E-state index in [1.54, 1.807) is 24.8 Å². The average molecular weight is 435 g/mol. The van der Waals surface area contributed by atoms with Crippen LogP contribution >= 0.6 is 11.8 Å². The quantitative estimate of drug-likeness (QED) is 0.424. The van der Waals surface area contributed by atoms with Gasteiger partial charge in [-0.25, -0.2) is 9.78 Å². The summed E-state index contributed by atoms with van der Waals surface area (Å²) in [5, 5.41) is 5.72. The number of fused-ring (bicyclic) bond motifs is 1. The molecule has 158 valence electrons. The first-order chi connectivity index (χ1) is 14.9. The first-order valence-electron chi connectivity index (χ1n) is 9.76. The Morgan fingerprint density at radius 2 is 1.84 bits per heavy atom. The van der Waals surface area contributed by atoms with Gasteiger partial charge in [-0.1, -0.05) is 12.1 Å². The van der Waals surface area contributed by atoms with E-state index in [1.165, 1.54) is 10.6 Å². The molecule has 0 aliphatic rings. The molecule has 0 aliphatic heterocycles. The van der Waals surface area contributed by atoms with Gasteiger partial charge in [0, 0.05) is 34.2 Å². The fourth-order valence-corrected chi connectivity index (χ4v) is 3.90. The maximum Gasteiger partial charge on any atom is 0.323 e. The first kappa shape index (κ1) is 20.7. The Bertz CT molecular complexity index is 1310. The van der Waals surface area contributed by atoms with Gasteiger partial charge in [0.15, 0.2) is 5.65 Å². The number of nitrogens with one attached hydrogen (secondary N) is 2. The Hall–Kier alpha value is -3.52. The molecule has 2 N–H and O–H groups in total. The summed E-state index contributed by atoms with van der Waals surface area (Å²) in [6, 6.07) is 16.3. The summed E-state index contributed by atoms with van der Waals surface area (Å²) in [4.78, 5) is 29.9. The van der Waals surface area contributed by atoms with Crippen molar-refractivity contribution in [1.82, 2.24) is 9.56 Å². The van der Waals surface area contributed by atoms with E-state index in [9.17, 15) is 9.59 Å². The van der Waals surface area contributed by atoms with Gasteiger partial charge in [-0.15, -0.1) is 16.3 Å².